The highest BCUT2D eigenvalue weighted by Gasteiger charge is 2.33. The zero-order valence-corrected chi connectivity index (χ0v) is 17.4. The lowest BCUT2D eigenvalue weighted by Crippen LogP contribution is -2.44. The molecule has 0 aliphatic carbocycles. The third kappa shape index (κ3) is 7.16. The van der Waals surface area contributed by atoms with Gasteiger partial charge in [-0.1, -0.05) is 6.58 Å². The van der Waals surface area contributed by atoms with Crippen molar-refractivity contribution in [2.24, 2.45) is 0 Å². The van der Waals surface area contributed by atoms with Gasteiger partial charge in [0.2, 0.25) is 11.8 Å². The average Bonchev–Trinajstić information content (AvgIpc) is 3.20. The zero-order chi connectivity index (χ0) is 23.8. The first kappa shape index (κ1) is 24.5. The van der Waals surface area contributed by atoms with E-state index in [2.05, 4.69) is 22.1 Å². The molecule has 0 bridgehead atoms. The smallest absolute Gasteiger partial charge is 0.344 e. The van der Waals surface area contributed by atoms with Gasteiger partial charge in [-0.15, -0.1) is 10.1 Å². The van der Waals surface area contributed by atoms with Gasteiger partial charge < -0.3 is 20.3 Å². The molecule has 0 aromatic rings. The molecule has 0 unspecified atom stereocenters. The molecule has 14 heteroatoms. The van der Waals surface area contributed by atoms with Gasteiger partial charge in [0.1, 0.15) is 13.1 Å². The number of nitrogens with one attached hydrogen (secondary N) is 2. The molecule has 2 fully saturated rings. The number of rotatable bonds is 10. The van der Waals surface area contributed by atoms with Crippen LogP contribution < -0.4 is 10.6 Å². The van der Waals surface area contributed by atoms with Crippen LogP contribution in [0.5, 0.6) is 0 Å². The minimum absolute atomic E-state index is 0.0469. The Morgan fingerprint density at radius 2 is 1.22 bits per heavy atom. The van der Waals surface area contributed by atoms with E-state index in [1.165, 1.54) is 11.9 Å². The fourth-order valence-electron chi connectivity index (χ4n) is 2.67. The number of carbonyl (C=O) groups is 7. The highest BCUT2D eigenvalue weighted by molar-refractivity contribution is 6.01. The molecule has 2 rings (SSSR count). The molecule has 32 heavy (non-hydrogen) atoms. The summed E-state index contributed by atoms with van der Waals surface area (Å²) in [4.78, 5) is 92.1. The molecule has 14 nitrogen and oxygen atoms in total. The topological polar surface area (TPSA) is 172 Å². The van der Waals surface area contributed by atoms with Crippen LogP contribution in [0.1, 0.15) is 25.7 Å². The largest absolute Gasteiger partial charge is 0.352 e. The van der Waals surface area contributed by atoms with Gasteiger partial charge in [-0.2, -0.15) is 0 Å². The monoisotopic (exact) mass is 454 g/mol. The van der Waals surface area contributed by atoms with Crippen molar-refractivity contribution in [1.82, 2.24) is 25.7 Å². The Morgan fingerprint density at radius 1 is 0.812 bits per heavy atom. The van der Waals surface area contributed by atoms with Crippen molar-refractivity contribution in [2.75, 3.05) is 33.2 Å². The Bertz CT molecular complexity index is 756. The molecule has 0 saturated carbocycles. The van der Waals surface area contributed by atoms with Gasteiger partial charge in [-0.05, 0) is 13.5 Å². The van der Waals surface area contributed by atoms with Gasteiger partial charge in [-0.25, -0.2) is 9.59 Å². The van der Waals surface area contributed by atoms with E-state index in [0.29, 0.717) is 17.2 Å². The van der Waals surface area contributed by atoms with Crippen LogP contribution in [0.2, 0.25) is 0 Å². The lowest BCUT2D eigenvalue weighted by molar-refractivity contribution is -0.196. The number of allylic oxidation sites excluding steroid dienone is 1. The average molecular weight is 454 g/mol. The summed E-state index contributed by atoms with van der Waals surface area (Å²) in [7, 11) is 1.45. The fraction of sp³-hybridized carbons (Fsp3) is 0.500. The summed E-state index contributed by atoms with van der Waals surface area (Å²) in [5, 5.41) is 5.69. The maximum atomic E-state index is 11.9. The van der Waals surface area contributed by atoms with E-state index < -0.39 is 54.6 Å². The van der Waals surface area contributed by atoms with Gasteiger partial charge >= 0.3 is 11.9 Å². The molecule has 5 amide bonds. The lowest BCUT2D eigenvalue weighted by Gasteiger charge is -2.17. The van der Waals surface area contributed by atoms with Gasteiger partial charge in [-0.3, -0.25) is 28.9 Å². The van der Waals surface area contributed by atoms with Crippen LogP contribution >= 0.6 is 0 Å². The molecule has 2 aliphatic rings. The van der Waals surface area contributed by atoms with Crippen LogP contribution in [0.3, 0.4) is 0 Å². The van der Waals surface area contributed by atoms with Crippen LogP contribution in [-0.4, -0.2) is 89.7 Å². The molecular weight excluding hydrogens is 431 g/mol. The summed E-state index contributed by atoms with van der Waals surface area (Å²) in [5.41, 5.74) is 0.350. The first-order chi connectivity index (χ1) is 15.1. The molecule has 0 atom stereocenters. The maximum absolute atomic E-state index is 11.9. The number of hydrogen-bond donors (Lipinski definition) is 2. The highest BCUT2D eigenvalue weighted by Crippen LogP contribution is 2.20. The Balaban J connectivity index is 1.62. The molecule has 0 radical (unpaired) electrons. The van der Waals surface area contributed by atoms with Crippen molar-refractivity contribution in [2.45, 2.75) is 25.7 Å². The van der Waals surface area contributed by atoms with E-state index in [1.807, 2.05) is 0 Å². The number of likely N-dealkylation sites (N-methyl/N-ethyl adjacent to an activating group) is 1. The van der Waals surface area contributed by atoms with Crippen molar-refractivity contribution >= 4 is 41.5 Å². The van der Waals surface area contributed by atoms with Crippen molar-refractivity contribution in [3.8, 4) is 0 Å². The van der Waals surface area contributed by atoms with E-state index in [0.717, 1.165) is 5.06 Å². The second-order valence-electron chi connectivity index (χ2n) is 6.99. The summed E-state index contributed by atoms with van der Waals surface area (Å²) < 4.78 is 0. The summed E-state index contributed by atoms with van der Waals surface area (Å²) in [6, 6.07) is 0. The van der Waals surface area contributed by atoms with Crippen molar-refractivity contribution in [1.29, 1.82) is 0 Å². The lowest BCUT2D eigenvalue weighted by atomic mass is 10.3. The van der Waals surface area contributed by atoms with Crippen molar-refractivity contribution in [3.63, 3.8) is 0 Å². The third-order valence-electron chi connectivity index (χ3n) is 4.22. The normalized spacial score (nSPS) is 15.9. The zero-order valence-electron chi connectivity index (χ0n) is 17.4. The number of hydroxylamine groups is 4. The van der Waals surface area contributed by atoms with Crippen LogP contribution in [0.25, 0.3) is 0 Å². The van der Waals surface area contributed by atoms with E-state index in [9.17, 15) is 33.6 Å². The van der Waals surface area contributed by atoms with Crippen LogP contribution in [0.4, 0.5) is 0 Å². The fourth-order valence-corrected chi connectivity index (χ4v) is 2.67. The van der Waals surface area contributed by atoms with Gasteiger partial charge in [0.15, 0.2) is 0 Å². The molecule has 2 N–H and O–H groups in total. The van der Waals surface area contributed by atoms with Crippen LogP contribution in [-0.2, 0) is 43.2 Å². The van der Waals surface area contributed by atoms with E-state index >= 15 is 0 Å². The molecule has 0 spiro atoms. The van der Waals surface area contributed by atoms with Crippen molar-refractivity contribution in [3.05, 3.63) is 12.3 Å². The summed E-state index contributed by atoms with van der Waals surface area (Å²) in [6.45, 7) is 2.00. The van der Waals surface area contributed by atoms with Gasteiger partial charge in [0.25, 0.3) is 17.7 Å². The number of hydrogen-bond acceptors (Lipinski definition) is 10. The predicted molar refractivity (Wildman–Crippen MR) is 102 cm³/mol. The van der Waals surface area contributed by atoms with Crippen LogP contribution in [0.15, 0.2) is 12.3 Å². The molecule has 0 aromatic carbocycles. The van der Waals surface area contributed by atoms with Crippen molar-refractivity contribution < 1.29 is 43.2 Å². The van der Waals surface area contributed by atoms with E-state index in [-0.39, 0.29) is 32.4 Å². The SMILES string of the molecule is C=C1CCC(=O)N1OC(=O)CNC(=O)CN(C)CC(=O)[15NH]CC(=O)ON1C(=O)CCC1=O. The molecule has 2 aliphatic heterocycles. The van der Waals surface area contributed by atoms with Gasteiger partial charge in [0.05, 0.1) is 18.8 Å². The molecular formula is C18H23N5O9. The minimum Gasteiger partial charge on any atom is -0.344 e. The minimum atomic E-state index is -1.000. The second kappa shape index (κ2) is 11.0. The van der Waals surface area contributed by atoms with E-state index in [4.69, 9.17) is 4.84 Å². The predicted octanol–water partition coefficient (Wildman–Crippen LogP) is -2.65. The number of carbonyl (C=O) groups excluding carboxylic acids is 7. The first-order valence-corrected chi connectivity index (χ1v) is 9.57. The summed E-state index contributed by atoms with van der Waals surface area (Å²) >= 11 is 0. The Kier molecular flexibility index (Phi) is 8.40. The highest BCUT2D eigenvalue weighted by atomic mass is 16.7. The molecule has 2 heterocycles. The summed E-state index contributed by atoms with van der Waals surface area (Å²) in [5.74, 6) is -4.75. The van der Waals surface area contributed by atoms with Crippen LogP contribution in [0, 0.1) is 0 Å². The number of nitrogens with zero attached hydrogens (tertiary/aromatic N) is 3. The van der Waals surface area contributed by atoms with E-state index in [1.54, 1.807) is 0 Å². The first-order valence-electron chi connectivity index (χ1n) is 9.57. The third-order valence-corrected chi connectivity index (χ3v) is 4.22. The quantitative estimate of drug-likeness (QED) is 0.262. The Hall–Kier alpha value is -3.81. The Labute approximate surface area is 182 Å². The standard InChI is InChI=1S/C18H23N5O9/c1-11-3-4-14(26)22(11)31-17(29)7-19-12(24)9-21(2)10-13(25)20-8-18(30)32-23-15(27)5-6-16(23)28/h1,3-10H2,2H3,(H,19,24)(H,20,25)/i20+1. The molecule has 174 valence electrons. The van der Waals surface area contributed by atoms with Gasteiger partial charge in [0, 0.05) is 19.3 Å². The summed E-state index contributed by atoms with van der Waals surface area (Å²) in [6.07, 6.45) is 0.485. The number of amides is 5. The molecule has 2 saturated heterocycles. The maximum Gasteiger partial charge on any atom is 0.352 e. The second-order valence-corrected chi connectivity index (χ2v) is 6.99. The number of imide groups is 1. The Morgan fingerprint density at radius 3 is 1.66 bits per heavy atom. The molecule has 0 aromatic heterocycles.